The van der Waals surface area contributed by atoms with Gasteiger partial charge in [0.1, 0.15) is 6.10 Å². The van der Waals surface area contributed by atoms with E-state index in [0.29, 0.717) is 6.42 Å². The number of fused-ring (bicyclic) bond motifs is 1. The summed E-state index contributed by atoms with van der Waals surface area (Å²) in [5, 5.41) is 0. The van der Waals surface area contributed by atoms with Crippen molar-refractivity contribution < 1.29 is 9.53 Å². The first kappa shape index (κ1) is 9.40. The van der Waals surface area contributed by atoms with Crippen LogP contribution in [0.25, 0.3) is 0 Å². The van der Waals surface area contributed by atoms with Crippen LogP contribution in [0, 0.1) is 0 Å². The van der Waals surface area contributed by atoms with Crippen LogP contribution in [0.15, 0.2) is 54.6 Å². The Morgan fingerprint density at radius 3 is 2.81 bits per heavy atom. The average molecular weight is 212 g/mol. The Hall–Kier alpha value is -1.83. The first-order valence-corrected chi connectivity index (χ1v) is 5.42. The monoisotopic (exact) mass is 212 g/mol. The van der Waals surface area contributed by atoms with Crippen molar-refractivity contribution in [1.29, 1.82) is 0 Å². The van der Waals surface area contributed by atoms with Crippen molar-refractivity contribution >= 4 is 5.97 Å². The molecule has 2 nitrogen and oxygen atoms in total. The van der Waals surface area contributed by atoms with Gasteiger partial charge >= 0.3 is 5.97 Å². The first-order valence-electron chi connectivity index (χ1n) is 5.42. The highest BCUT2D eigenvalue weighted by Gasteiger charge is 2.48. The second kappa shape index (κ2) is 3.34. The lowest BCUT2D eigenvalue weighted by atomic mass is 9.73. The molecule has 16 heavy (non-hydrogen) atoms. The number of carbonyl (C=O) groups excluding carboxylic acids is 1. The molecule has 0 amide bonds. The summed E-state index contributed by atoms with van der Waals surface area (Å²) in [4.78, 5) is 11.5. The van der Waals surface area contributed by atoms with Gasteiger partial charge in [0.2, 0.25) is 0 Å². The summed E-state index contributed by atoms with van der Waals surface area (Å²) < 4.78 is 5.35. The molecule has 0 spiro atoms. The molecule has 2 aliphatic rings. The second-order valence-corrected chi connectivity index (χ2v) is 4.24. The third kappa shape index (κ3) is 1.23. The van der Waals surface area contributed by atoms with Crippen molar-refractivity contribution in [1.82, 2.24) is 0 Å². The van der Waals surface area contributed by atoms with Crippen LogP contribution < -0.4 is 0 Å². The Bertz CT molecular complexity index is 473. The van der Waals surface area contributed by atoms with Gasteiger partial charge in [-0.1, -0.05) is 48.6 Å². The maximum atomic E-state index is 11.5. The van der Waals surface area contributed by atoms with Crippen LogP contribution in [0.3, 0.4) is 0 Å². The van der Waals surface area contributed by atoms with Crippen molar-refractivity contribution in [2.24, 2.45) is 0 Å². The van der Waals surface area contributed by atoms with E-state index in [1.165, 1.54) is 0 Å². The van der Waals surface area contributed by atoms with Gasteiger partial charge in [-0.25, -0.2) is 0 Å². The molecule has 1 fully saturated rings. The van der Waals surface area contributed by atoms with Gasteiger partial charge in [-0.2, -0.15) is 0 Å². The molecule has 1 saturated heterocycles. The van der Waals surface area contributed by atoms with Crippen LogP contribution in [-0.2, 0) is 14.9 Å². The number of hydrogen-bond donors (Lipinski definition) is 0. The van der Waals surface area contributed by atoms with Crippen molar-refractivity contribution in [2.75, 3.05) is 0 Å². The zero-order valence-electron chi connectivity index (χ0n) is 8.80. The van der Waals surface area contributed by atoms with E-state index in [2.05, 4.69) is 18.2 Å². The molecule has 0 unspecified atom stereocenters. The summed E-state index contributed by atoms with van der Waals surface area (Å²) in [6.45, 7) is 0. The minimum Gasteiger partial charge on any atom is -0.457 e. The molecule has 3 rings (SSSR count). The molecular weight excluding hydrogens is 200 g/mol. The first-order chi connectivity index (χ1) is 7.81. The molecule has 1 heterocycles. The van der Waals surface area contributed by atoms with Gasteiger partial charge in [0.15, 0.2) is 0 Å². The number of carbonyl (C=O) groups is 1. The standard InChI is InChI=1S/C14H12O2/c15-13-10-14(11-6-2-1-3-7-11)9-5-4-8-12(14)16-13/h1-9,12H,10H2/t12-,14-/m1/s1. The topological polar surface area (TPSA) is 26.3 Å². The SMILES string of the molecule is O=C1C[C@@]2(c3ccccc3)C=CC=C[C@H]2O1. The number of hydrogen-bond acceptors (Lipinski definition) is 2. The van der Waals surface area contributed by atoms with E-state index in [-0.39, 0.29) is 17.5 Å². The van der Waals surface area contributed by atoms with Gasteiger partial charge in [-0.3, -0.25) is 4.79 Å². The fraction of sp³-hybridized carbons (Fsp3) is 0.214. The summed E-state index contributed by atoms with van der Waals surface area (Å²) in [6.07, 6.45) is 8.25. The third-order valence-electron chi connectivity index (χ3n) is 3.30. The van der Waals surface area contributed by atoms with E-state index >= 15 is 0 Å². The Morgan fingerprint density at radius 1 is 1.19 bits per heavy atom. The summed E-state index contributed by atoms with van der Waals surface area (Å²) in [6, 6.07) is 10.1. The van der Waals surface area contributed by atoms with E-state index in [1.54, 1.807) is 0 Å². The molecule has 1 aliphatic carbocycles. The predicted molar refractivity (Wildman–Crippen MR) is 60.9 cm³/mol. The highest BCUT2D eigenvalue weighted by molar-refractivity contribution is 5.77. The van der Waals surface area contributed by atoms with Gasteiger partial charge < -0.3 is 4.74 Å². The van der Waals surface area contributed by atoms with Crippen molar-refractivity contribution in [3.63, 3.8) is 0 Å². The normalized spacial score (nSPS) is 31.2. The number of ether oxygens (including phenoxy) is 1. The van der Waals surface area contributed by atoms with Crippen LogP contribution in [0.2, 0.25) is 0 Å². The molecule has 1 aromatic rings. The molecule has 2 atom stereocenters. The summed E-state index contributed by atoms with van der Waals surface area (Å²) in [5.41, 5.74) is 0.860. The number of allylic oxidation sites excluding steroid dienone is 2. The molecule has 0 N–H and O–H groups in total. The zero-order chi connectivity index (χ0) is 11.0. The van der Waals surface area contributed by atoms with Gasteiger partial charge in [-0.15, -0.1) is 0 Å². The van der Waals surface area contributed by atoms with Crippen molar-refractivity contribution in [2.45, 2.75) is 17.9 Å². The summed E-state index contributed by atoms with van der Waals surface area (Å²) in [5.74, 6) is -0.120. The maximum absolute atomic E-state index is 11.5. The molecule has 1 aromatic carbocycles. The Morgan fingerprint density at radius 2 is 2.00 bits per heavy atom. The van der Waals surface area contributed by atoms with E-state index in [9.17, 15) is 4.79 Å². The number of benzene rings is 1. The van der Waals surface area contributed by atoms with Gasteiger partial charge in [0.05, 0.1) is 11.8 Å². The van der Waals surface area contributed by atoms with Crippen LogP contribution in [0.4, 0.5) is 0 Å². The average Bonchev–Trinajstić information content (AvgIpc) is 2.67. The smallest absolute Gasteiger partial charge is 0.307 e. The van der Waals surface area contributed by atoms with Crippen molar-refractivity contribution in [3.8, 4) is 0 Å². The lowest BCUT2D eigenvalue weighted by molar-refractivity contribution is -0.140. The van der Waals surface area contributed by atoms with Gasteiger partial charge in [-0.05, 0) is 11.6 Å². The van der Waals surface area contributed by atoms with Crippen molar-refractivity contribution in [3.05, 3.63) is 60.2 Å². The Balaban J connectivity index is 2.12. The van der Waals surface area contributed by atoms with Gasteiger partial charge in [0.25, 0.3) is 0 Å². The highest BCUT2D eigenvalue weighted by Crippen LogP contribution is 2.42. The number of esters is 1. The molecule has 0 bridgehead atoms. The number of rotatable bonds is 1. The van der Waals surface area contributed by atoms with E-state index < -0.39 is 0 Å². The molecule has 2 heteroatoms. The maximum Gasteiger partial charge on any atom is 0.307 e. The van der Waals surface area contributed by atoms with Crippen LogP contribution in [-0.4, -0.2) is 12.1 Å². The van der Waals surface area contributed by atoms with E-state index in [1.807, 2.05) is 36.4 Å². The largest absolute Gasteiger partial charge is 0.457 e. The quantitative estimate of drug-likeness (QED) is 0.668. The van der Waals surface area contributed by atoms with E-state index in [0.717, 1.165) is 5.56 Å². The molecule has 0 radical (unpaired) electrons. The lowest BCUT2D eigenvalue weighted by Crippen LogP contribution is -2.33. The second-order valence-electron chi connectivity index (χ2n) is 4.24. The minimum absolute atomic E-state index is 0.120. The molecular formula is C14H12O2. The zero-order valence-corrected chi connectivity index (χ0v) is 8.80. The highest BCUT2D eigenvalue weighted by atomic mass is 16.6. The minimum atomic E-state index is -0.285. The van der Waals surface area contributed by atoms with Crippen LogP contribution >= 0.6 is 0 Å². The van der Waals surface area contributed by atoms with Crippen LogP contribution in [0.5, 0.6) is 0 Å². The van der Waals surface area contributed by atoms with E-state index in [4.69, 9.17) is 4.74 Å². The molecule has 80 valence electrons. The molecule has 1 aliphatic heterocycles. The summed E-state index contributed by atoms with van der Waals surface area (Å²) in [7, 11) is 0. The molecule has 0 aromatic heterocycles. The molecule has 0 saturated carbocycles. The third-order valence-corrected chi connectivity index (χ3v) is 3.30. The lowest BCUT2D eigenvalue weighted by Gasteiger charge is -2.30. The predicted octanol–water partition coefficient (Wildman–Crippen LogP) is 2.37. The van der Waals surface area contributed by atoms with Crippen LogP contribution in [0.1, 0.15) is 12.0 Å². The van der Waals surface area contributed by atoms with Gasteiger partial charge in [0, 0.05) is 0 Å². The fourth-order valence-corrected chi connectivity index (χ4v) is 2.50. The Kier molecular flexibility index (Phi) is 1.96. The summed E-state index contributed by atoms with van der Waals surface area (Å²) >= 11 is 0. The Labute approximate surface area is 94.2 Å². The fourth-order valence-electron chi connectivity index (χ4n) is 2.50.